The molecule has 0 fully saturated rings. The fraction of sp³-hybridized carbons (Fsp3) is 0.167. The molecule has 20 heavy (non-hydrogen) atoms. The lowest BCUT2D eigenvalue weighted by Crippen LogP contribution is -2.17. The fourth-order valence-corrected chi connectivity index (χ4v) is 1.55. The third kappa shape index (κ3) is 3.74. The second kappa shape index (κ2) is 5.24. The summed E-state index contributed by atoms with van der Waals surface area (Å²) < 4.78 is 44.8. The van der Waals surface area contributed by atoms with Crippen molar-refractivity contribution in [3.05, 3.63) is 47.3 Å². The minimum absolute atomic E-state index is 0.106. The van der Waals surface area contributed by atoms with Gasteiger partial charge in [0.15, 0.2) is 5.69 Å². The number of aromatic nitrogens is 1. The number of carbonyl (C=O) groups is 1. The molecule has 2 rings (SSSR count). The number of halogens is 3. The largest absolute Gasteiger partial charge is 0.573 e. The Labute approximate surface area is 110 Å². The zero-order valence-electron chi connectivity index (χ0n) is 9.85. The molecule has 0 radical (unpaired) electrons. The molecule has 5 nitrogen and oxygen atoms in total. The molecule has 1 aromatic carbocycles. The summed E-state index contributed by atoms with van der Waals surface area (Å²) in [5.41, 5.74) is 0.211. The molecule has 0 saturated carbocycles. The van der Waals surface area contributed by atoms with Gasteiger partial charge in [0.25, 0.3) is 0 Å². The average Bonchev–Trinajstić information content (AvgIpc) is 2.75. The Bertz CT molecular complexity index is 621. The highest BCUT2D eigenvalue weighted by molar-refractivity contribution is 5.85. The summed E-state index contributed by atoms with van der Waals surface area (Å²) in [5, 5.41) is 12.0. The Balaban J connectivity index is 2.13. The molecule has 0 aliphatic carbocycles. The Kier molecular flexibility index (Phi) is 3.64. The molecule has 0 saturated heterocycles. The number of benzene rings is 1. The molecule has 1 aromatic heterocycles. The number of hydrogen-bond donors (Lipinski definition) is 1. The van der Waals surface area contributed by atoms with Gasteiger partial charge in [-0.3, -0.25) is 0 Å². The van der Waals surface area contributed by atoms with E-state index in [9.17, 15) is 18.0 Å². The number of aromatic carboxylic acids is 1. The van der Waals surface area contributed by atoms with Gasteiger partial charge >= 0.3 is 12.3 Å². The van der Waals surface area contributed by atoms with Crippen LogP contribution in [-0.4, -0.2) is 22.6 Å². The zero-order chi connectivity index (χ0) is 14.8. The van der Waals surface area contributed by atoms with Gasteiger partial charge < -0.3 is 14.4 Å². The third-order valence-corrected chi connectivity index (χ3v) is 2.29. The van der Waals surface area contributed by atoms with E-state index >= 15 is 0 Å². The Morgan fingerprint density at radius 3 is 2.70 bits per heavy atom. The second-order valence-corrected chi connectivity index (χ2v) is 3.86. The van der Waals surface area contributed by atoms with Crippen molar-refractivity contribution in [2.24, 2.45) is 0 Å². The van der Waals surface area contributed by atoms with Gasteiger partial charge in [-0.1, -0.05) is 17.3 Å². The van der Waals surface area contributed by atoms with Gasteiger partial charge in [0.1, 0.15) is 11.5 Å². The highest BCUT2D eigenvalue weighted by Gasteiger charge is 2.31. The predicted octanol–water partition coefficient (Wildman–Crippen LogP) is 2.86. The average molecular weight is 287 g/mol. The smallest absolute Gasteiger partial charge is 0.476 e. The number of rotatable bonds is 4. The van der Waals surface area contributed by atoms with Crippen molar-refractivity contribution in [3.8, 4) is 5.75 Å². The molecule has 106 valence electrons. The molecule has 0 amide bonds. The van der Waals surface area contributed by atoms with Gasteiger partial charge in [-0.2, -0.15) is 0 Å². The summed E-state index contributed by atoms with van der Waals surface area (Å²) in [4.78, 5) is 10.6. The molecule has 0 unspecified atom stereocenters. The highest BCUT2D eigenvalue weighted by atomic mass is 19.4. The molecule has 0 atom stereocenters. The molecule has 0 spiro atoms. The summed E-state index contributed by atoms with van der Waals surface area (Å²) in [5.74, 6) is -1.37. The lowest BCUT2D eigenvalue weighted by molar-refractivity contribution is -0.274. The van der Waals surface area contributed by atoms with Crippen molar-refractivity contribution in [2.45, 2.75) is 12.8 Å². The Hall–Kier alpha value is -2.51. The van der Waals surface area contributed by atoms with Crippen LogP contribution in [0, 0.1) is 0 Å². The monoisotopic (exact) mass is 287 g/mol. The van der Waals surface area contributed by atoms with Crippen molar-refractivity contribution in [1.82, 2.24) is 5.16 Å². The maximum Gasteiger partial charge on any atom is 0.573 e. The lowest BCUT2D eigenvalue weighted by atomic mass is 10.1. The molecular weight excluding hydrogens is 279 g/mol. The van der Waals surface area contributed by atoms with E-state index in [4.69, 9.17) is 9.63 Å². The van der Waals surface area contributed by atoms with Crippen LogP contribution in [0.15, 0.2) is 34.9 Å². The summed E-state index contributed by atoms with van der Waals surface area (Å²) in [6.07, 6.45) is -4.66. The van der Waals surface area contributed by atoms with E-state index in [0.717, 1.165) is 0 Å². The van der Waals surface area contributed by atoms with Gasteiger partial charge in [-0.15, -0.1) is 13.2 Å². The summed E-state index contributed by atoms with van der Waals surface area (Å²) in [6.45, 7) is 0. The molecular formula is C12H8F3NO4. The minimum Gasteiger partial charge on any atom is -0.476 e. The highest BCUT2D eigenvalue weighted by Crippen LogP contribution is 2.24. The van der Waals surface area contributed by atoms with Crippen LogP contribution in [0.1, 0.15) is 21.8 Å². The van der Waals surface area contributed by atoms with Gasteiger partial charge in [0.05, 0.1) is 0 Å². The first kappa shape index (κ1) is 13.9. The SMILES string of the molecule is O=C(O)c1cc(Cc2cccc(OC(F)(F)F)c2)on1. The van der Waals surface area contributed by atoms with Crippen molar-refractivity contribution >= 4 is 5.97 Å². The van der Waals surface area contributed by atoms with Gasteiger partial charge in [-0.05, 0) is 17.7 Å². The standard InChI is InChI=1S/C12H8F3NO4/c13-12(14,15)19-8-3-1-2-7(4-8)5-9-6-10(11(17)18)16-20-9/h1-4,6H,5H2,(H,17,18). The maximum atomic E-state index is 12.1. The normalized spacial score (nSPS) is 11.3. The molecule has 0 aliphatic heterocycles. The first-order valence-electron chi connectivity index (χ1n) is 5.37. The minimum atomic E-state index is -4.76. The van der Waals surface area contributed by atoms with Crippen LogP contribution in [0.4, 0.5) is 13.2 Å². The van der Waals surface area contributed by atoms with Crippen LogP contribution in [0.3, 0.4) is 0 Å². The van der Waals surface area contributed by atoms with Crippen LogP contribution < -0.4 is 4.74 Å². The number of ether oxygens (including phenoxy) is 1. The van der Waals surface area contributed by atoms with Crippen LogP contribution in [-0.2, 0) is 6.42 Å². The second-order valence-electron chi connectivity index (χ2n) is 3.86. The van der Waals surface area contributed by atoms with E-state index < -0.39 is 12.3 Å². The number of hydrogen-bond acceptors (Lipinski definition) is 4. The molecule has 8 heteroatoms. The van der Waals surface area contributed by atoms with Crippen molar-refractivity contribution in [1.29, 1.82) is 0 Å². The number of alkyl halides is 3. The molecule has 1 N–H and O–H groups in total. The Morgan fingerprint density at radius 2 is 2.10 bits per heavy atom. The van der Waals surface area contributed by atoms with Crippen LogP contribution in [0.5, 0.6) is 5.75 Å². The quantitative estimate of drug-likeness (QED) is 0.936. The van der Waals surface area contributed by atoms with Crippen molar-refractivity contribution < 1.29 is 32.3 Å². The Morgan fingerprint density at radius 1 is 1.35 bits per heavy atom. The summed E-state index contributed by atoms with van der Waals surface area (Å²) in [6, 6.07) is 6.52. The molecule has 0 bridgehead atoms. The van der Waals surface area contributed by atoms with Crippen LogP contribution >= 0.6 is 0 Å². The summed E-state index contributed by atoms with van der Waals surface area (Å²) >= 11 is 0. The topological polar surface area (TPSA) is 72.6 Å². The van der Waals surface area contributed by atoms with Gasteiger partial charge in [0, 0.05) is 12.5 Å². The van der Waals surface area contributed by atoms with Crippen molar-refractivity contribution in [2.75, 3.05) is 0 Å². The van der Waals surface area contributed by atoms with Gasteiger partial charge in [0.2, 0.25) is 0 Å². The molecule has 2 aromatic rings. The van der Waals surface area contributed by atoms with E-state index in [1.165, 1.54) is 24.3 Å². The lowest BCUT2D eigenvalue weighted by Gasteiger charge is -2.09. The van der Waals surface area contributed by atoms with E-state index in [1.54, 1.807) is 6.07 Å². The number of nitrogens with zero attached hydrogens (tertiary/aromatic N) is 1. The maximum absolute atomic E-state index is 12.1. The third-order valence-electron chi connectivity index (χ3n) is 2.29. The van der Waals surface area contributed by atoms with Gasteiger partial charge in [-0.25, -0.2) is 4.79 Å². The van der Waals surface area contributed by atoms with Crippen molar-refractivity contribution in [3.63, 3.8) is 0 Å². The molecule has 1 heterocycles. The predicted molar refractivity (Wildman–Crippen MR) is 59.4 cm³/mol. The summed E-state index contributed by atoms with van der Waals surface area (Å²) in [7, 11) is 0. The van der Waals surface area contributed by atoms with Crippen LogP contribution in [0.2, 0.25) is 0 Å². The van der Waals surface area contributed by atoms with Crippen LogP contribution in [0.25, 0.3) is 0 Å². The van der Waals surface area contributed by atoms with E-state index in [2.05, 4.69) is 9.89 Å². The first-order chi connectivity index (χ1) is 9.33. The number of carboxylic acids is 1. The fourth-order valence-electron chi connectivity index (χ4n) is 1.55. The zero-order valence-corrected chi connectivity index (χ0v) is 9.85. The van der Waals surface area contributed by atoms with E-state index in [0.29, 0.717) is 5.56 Å². The van der Waals surface area contributed by atoms with E-state index in [1.807, 2.05) is 0 Å². The van der Waals surface area contributed by atoms with E-state index in [-0.39, 0.29) is 23.6 Å². The first-order valence-corrected chi connectivity index (χ1v) is 5.37. The number of carboxylic acid groups (broad SMARTS) is 1. The molecule has 0 aliphatic rings.